The zero-order chi connectivity index (χ0) is 17.4. The van der Waals surface area contributed by atoms with Gasteiger partial charge in [0.2, 0.25) is 0 Å². The number of ether oxygens (including phenoxy) is 1. The van der Waals surface area contributed by atoms with Gasteiger partial charge in [0.05, 0.1) is 18.3 Å². The zero-order valence-electron chi connectivity index (χ0n) is 14.9. The Kier molecular flexibility index (Phi) is 4.45. The average molecular weight is 332 g/mol. The molecule has 0 unspecified atom stereocenters. The Morgan fingerprint density at radius 2 is 2.12 bits per heavy atom. The number of carbonyl (C=O) groups excluding carboxylic acids is 1. The van der Waals surface area contributed by atoms with Crippen molar-refractivity contribution in [2.75, 3.05) is 13.2 Å². The fourth-order valence-electron chi connectivity index (χ4n) is 3.47. The molecule has 1 aliphatic rings. The molecule has 0 radical (unpaired) electrons. The molecule has 0 saturated carbocycles. The highest BCUT2D eigenvalue weighted by Crippen LogP contribution is 2.31. The lowest BCUT2D eigenvalue weighted by Crippen LogP contribution is -2.47. The minimum absolute atomic E-state index is 0.0150. The van der Waals surface area contributed by atoms with Crippen LogP contribution in [0.3, 0.4) is 0 Å². The molecule has 1 amide bonds. The predicted octanol–water partition coefficient (Wildman–Crippen LogP) is 2.42. The molecule has 7 heteroatoms. The van der Waals surface area contributed by atoms with Crippen LogP contribution in [-0.2, 0) is 11.3 Å². The number of hydrogen-bond acceptors (Lipinski definition) is 5. The Bertz CT molecular complexity index is 749. The smallest absolute Gasteiger partial charge is 0.256 e. The fraction of sp³-hybridized carbons (Fsp3) is 0.588. The second-order valence-electron chi connectivity index (χ2n) is 6.23. The zero-order valence-corrected chi connectivity index (χ0v) is 14.9. The van der Waals surface area contributed by atoms with E-state index in [0.29, 0.717) is 24.9 Å². The summed E-state index contributed by atoms with van der Waals surface area (Å²) < 4.78 is 13.2. The van der Waals surface area contributed by atoms with E-state index in [4.69, 9.17) is 9.26 Å². The van der Waals surface area contributed by atoms with Crippen molar-refractivity contribution in [3.05, 3.63) is 34.7 Å². The maximum absolute atomic E-state index is 13.2. The molecule has 0 aliphatic carbocycles. The molecule has 0 spiro atoms. The normalized spacial score (nSPS) is 21.3. The van der Waals surface area contributed by atoms with E-state index in [1.807, 2.05) is 26.8 Å². The van der Waals surface area contributed by atoms with Gasteiger partial charge in [0.15, 0.2) is 5.82 Å². The third kappa shape index (κ3) is 2.73. The molecule has 2 atom stereocenters. The SMILES string of the molecule is CCn1c(C)cc(C(=O)N2CCO[C@H](C)[C@H]2c2nc(C)no2)c1C. The average Bonchev–Trinajstić information content (AvgIpc) is 3.09. The van der Waals surface area contributed by atoms with Gasteiger partial charge in [-0.3, -0.25) is 4.79 Å². The summed E-state index contributed by atoms with van der Waals surface area (Å²) >= 11 is 0. The Labute approximate surface area is 141 Å². The molecule has 1 aliphatic heterocycles. The number of rotatable bonds is 3. The summed E-state index contributed by atoms with van der Waals surface area (Å²) in [6.07, 6.45) is -0.197. The summed E-state index contributed by atoms with van der Waals surface area (Å²) in [6.45, 7) is 11.6. The Hall–Kier alpha value is -2.15. The largest absolute Gasteiger partial charge is 0.374 e. The van der Waals surface area contributed by atoms with E-state index in [1.54, 1.807) is 11.8 Å². The van der Waals surface area contributed by atoms with Gasteiger partial charge in [-0.15, -0.1) is 0 Å². The van der Waals surface area contributed by atoms with Crippen molar-refractivity contribution in [3.63, 3.8) is 0 Å². The van der Waals surface area contributed by atoms with E-state index < -0.39 is 0 Å². The van der Waals surface area contributed by atoms with Gasteiger partial charge in [0, 0.05) is 24.5 Å². The molecule has 2 aromatic heterocycles. The Morgan fingerprint density at radius 3 is 2.71 bits per heavy atom. The summed E-state index contributed by atoms with van der Waals surface area (Å²) in [5.74, 6) is 0.968. The molecular weight excluding hydrogens is 308 g/mol. The van der Waals surface area contributed by atoms with Gasteiger partial charge in [-0.05, 0) is 40.7 Å². The summed E-state index contributed by atoms with van der Waals surface area (Å²) in [4.78, 5) is 19.3. The highest BCUT2D eigenvalue weighted by molar-refractivity contribution is 5.96. The molecule has 1 fully saturated rings. The van der Waals surface area contributed by atoms with Gasteiger partial charge in [-0.25, -0.2) is 0 Å². The first-order valence-corrected chi connectivity index (χ1v) is 8.33. The number of morpholine rings is 1. The van der Waals surface area contributed by atoms with E-state index in [1.165, 1.54) is 0 Å². The number of amides is 1. The summed E-state index contributed by atoms with van der Waals surface area (Å²) in [5, 5.41) is 3.86. The topological polar surface area (TPSA) is 73.4 Å². The lowest BCUT2D eigenvalue weighted by molar-refractivity contribution is -0.0600. The molecule has 130 valence electrons. The van der Waals surface area contributed by atoms with Crippen LogP contribution in [0.2, 0.25) is 0 Å². The number of carbonyl (C=O) groups is 1. The van der Waals surface area contributed by atoms with Gasteiger partial charge < -0.3 is 18.7 Å². The first kappa shape index (κ1) is 16.7. The minimum atomic E-state index is -0.364. The number of hydrogen-bond donors (Lipinski definition) is 0. The van der Waals surface area contributed by atoms with Crippen molar-refractivity contribution < 1.29 is 14.1 Å². The van der Waals surface area contributed by atoms with Crippen molar-refractivity contribution in [1.82, 2.24) is 19.6 Å². The van der Waals surface area contributed by atoms with Crippen molar-refractivity contribution >= 4 is 5.91 Å². The quantitative estimate of drug-likeness (QED) is 0.863. The van der Waals surface area contributed by atoms with E-state index in [0.717, 1.165) is 23.5 Å². The van der Waals surface area contributed by atoms with Crippen LogP contribution in [0.25, 0.3) is 0 Å². The standard InChI is InChI=1S/C17H24N4O3/c1-6-20-10(2)9-14(11(20)3)17(22)21-7-8-23-12(4)15(21)16-18-13(5)19-24-16/h9,12,15H,6-8H2,1-5H3/t12-,15+/m1/s1. The van der Waals surface area contributed by atoms with Crippen LogP contribution >= 0.6 is 0 Å². The maximum atomic E-state index is 13.2. The second kappa shape index (κ2) is 6.39. The molecule has 2 aromatic rings. The van der Waals surface area contributed by atoms with Gasteiger partial charge in [-0.2, -0.15) is 4.98 Å². The molecule has 7 nitrogen and oxygen atoms in total. The summed E-state index contributed by atoms with van der Waals surface area (Å²) in [6, 6.07) is 1.59. The van der Waals surface area contributed by atoms with Crippen LogP contribution in [-0.4, -0.2) is 44.8 Å². The van der Waals surface area contributed by atoms with Gasteiger partial charge in [0.25, 0.3) is 11.8 Å². The maximum Gasteiger partial charge on any atom is 0.256 e. The number of nitrogens with zero attached hydrogens (tertiary/aromatic N) is 4. The van der Waals surface area contributed by atoms with Gasteiger partial charge >= 0.3 is 0 Å². The molecule has 0 N–H and O–H groups in total. The van der Waals surface area contributed by atoms with Gasteiger partial charge in [-0.1, -0.05) is 5.16 Å². The lowest BCUT2D eigenvalue weighted by Gasteiger charge is -2.37. The highest BCUT2D eigenvalue weighted by atomic mass is 16.5. The lowest BCUT2D eigenvalue weighted by atomic mass is 10.1. The molecule has 3 rings (SSSR count). The predicted molar refractivity (Wildman–Crippen MR) is 87.8 cm³/mol. The fourth-order valence-corrected chi connectivity index (χ4v) is 3.47. The Balaban J connectivity index is 1.97. The first-order valence-electron chi connectivity index (χ1n) is 8.33. The third-order valence-corrected chi connectivity index (χ3v) is 4.67. The van der Waals surface area contributed by atoms with Crippen molar-refractivity contribution in [2.24, 2.45) is 0 Å². The Morgan fingerprint density at radius 1 is 1.38 bits per heavy atom. The van der Waals surface area contributed by atoms with E-state index in [2.05, 4.69) is 21.6 Å². The van der Waals surface area contributed by atoms with Crippen LogP contribution in [0.1, 0.15) is 53.4 Å². The number of aryl methyl sites for hydroxylation is 2. The first-order chi connectivity index (χ1) is 11.4. The van der Waals surface area contributed by atoms with E-state index >= 15 is 0 Å². The van der Waals surface area contributed by atoms with Crippen LogP contribution < -0.4 is 0 Å². The molecule has 1 saturated heterocycles. The molecule has 0 aromatic carbocycles. The van der Waals surface area contributed by atoms with Crippen molar-refractivity contribution in [1.29, 1.82) is 0 Å². The third-order valence-electron chi connectivity index (χ3n) is 4.67. The van der Waals surface area contributed by atoms with Crippen LogP contribution in [0, 0.1) is 20.8 Å². The van der Waals surface area contributed by atoms with Crippen LogP contribution in [0.4, 0.5) is 0 Å². The second-order valence-corrected chi connectivity index (χ2v) is 6.23. The van der Waals surface area contributed by atoms with E-state index in [-0.39, 0.29) is 18.1 Å². The number of aromatic nitrogens is 3. The van der Waals surface area contributed by atoms with Gasteiger partial charge in [0.1, 0.15) is 6.04 Å². The van der Waals surface area contributed by atoms with E-state index in [9.17, 15) is 4.79 Å². The molecule has 0 bridgehead atoms. The summed E-state index contributed by atoms with van der Waals surface area (Å²) in [5.41, 5.74) is 2.80. The molecular formula is C17H24N4O3. The monoisotopic (exact) mass is 332 g/mol. The molecule has 24 heavy (non-hydrogen) atoms. The van der Waals surface area contributed by atoms with Crippen molar-refractivity contribution in [3.8, 4) is 0 Å². The van der Waals surface area contributed by atoms with Crippen molar-refractivity contribution in [2.45, 2.75) is 53.3 Å². The van der Waals surface area contributed by atoms with Crippen LogP contribution in [0.5, 0.6) is 0 Å². The summed E-state index contributed by atoms with van der Waals surface area (Å²) in [7, 11) is 0. The molecule has 3 heterocycles. The minimum Gasteiger partial charge on any atom is -0.374 e. The van der Waals surface area contributed by atoms with Crippen LogP contribution in [0.15, 0.2) is 10.6 Å². The highest BCUT2D eigenvalue weighted by Gasteiger charge is 2.38.